The molecular formula is C22H27ClFNO4S. The first kappa shape index (κ1) is 23.0. The summed E-state index contributed by atoms with van der Waals surface area (Å²) >= 11 is 6.17. The van der Waals surface area contributed by atoms with Crippen molar-refractivity contribution in [1.29, 1.82) is 0 Å². The van der Waals surface area contributed by atoms with Gasteiger partial charge in [0.15, 0.2) is 9.84 Å². The van der Waals surface area contributed by atoms with Crippen LogP contribution in [0.25, 0.3) is 0 Å². The van der Waals surface area contributed by atoms with Crippen molar-refractivity contribution in [3.63, 3.8) is 0 Å². The lowest BCUT2D eigenvalue weighted by Gasteiger charge is -2.30. The molecule has 0 radical (unpaired) electrons. The maximum Gasteiger partial charge on any atom is 0.151 e. The monoisotopic (exact) mass is 455 g/mol. The summed E-state index contributed by atoms with van der Waals surface area (Å²) in [6.45, 7) is 4.25. The van der Waals surface area contributed by atoms with E-state index in [9.17, 15) is 17.9 Å². The first-order valence-electron chi connectivity index (χ1n) is 9.89. The first-order valence-corrected chi connectivity index (χ1v) is 12.1. The fourth-order valence-electron chi connectivity index (χ4n) is 3.82. The number of aliphatic hydroxyl groups is 1. The Hall–Kier alpha value is -1.67. The number of halogens is 2. The van der Waals surface area contributed by atoms with Crippen LogP contribution in [0.3, 0.4) is 0 Å². The van der Waals surface area contributed by atoms with E-state index in [1.807, 2.05) is 32.0 Å². The molecule has 2 atom stereocenters. The lowest BCUT2D eigenvalue weighted by atomic mass is 10.1. The van der Waals surface area contributed by atoms with E-state index >= 15 is 0 Å². The third-order valence-electron chi connectivity index (χ3n) is 5.23. The molecule has 1 aliphatic rings. The van der Waals surface area contributed by atoms with E-state index in [1.165, 1.54) is 12.1 Å². The average Bonchev–Trinajstić information content (AvgIpc) is 3.01. The van der Waals surface area contributed by atoms with Crippen LogP contribution < -0.4 is 4.74 Å². The molecule has 5 nitrogen and oxygen atoms in total. The predicted octanol–water partition coefficient (Wildman–Crippen LogP) is 3.52. The zero-order valence-corrected chi connectivity index (χ0v) is 18.7. The molecule has 1 fully saturated rings. The summed E-state index contributed by atoms with van der Waals surface area (Å²) in [5, 5.41) is 10.9. The van der Waals surface area contributed by atoms with Gasteiger partial charge in [-0.05, 0) is 55.7 Å². The highest BCUT2D eigenvalue weighted by atomic mass is 35.5. The van der Waals surface area contributed by atoms with E-state index in [1.54, 1.807) is 11.0 Å². The second kappa shape index (κ2) is 9.64. The molecule has 0 amide bonds. The molecule has 0 bridgehead atoms. The van der Waals surface area contributed by atoms with Crippen molar-refractivity contribution in [2.45, 2.75) is 39.0 Å². The van der Waals surface area contributed by atoms with Crippen molar-refractivity contribution in [2.75, 3.05) is 24.7 Å². The van der Waals surface area contributed by atoms with Crippen LogP contribution in [0.5, 0.6) is 5.75 Å². The van der Waals surface area contributed by atoms with Gasteiger partial charge in [-0.3, -0.25) is 4.90 Å². The van der Waals surface area contributed by atoms with Gasteiger partial charge in [0.1, 0.15) is 24.3 Å². The Morgan fingerprint density at radius 3 is 2.57 bits per heavy atom. The van der Waals surface area contributed by atoms with E-state index < -0.39 is 21.8 Å². The average molecular weight is 456 g/mol. The van der Waals surface area contributed by atoms with Crippen molar-refractivity contribution < 1.29 is 22.7 Å². The Bertz CT molecular complexity index is 958. The van der Waals surface area contributed by atoms with Crippen LogP contribution in [0.15, 0.2) is 36.4 Å². The van der Waals surface area contributed by atoms with Gasteiger partial charge >= 0.3 is 0 Å². The number of rotatable bonds is 8. The molecule has 0 aromatic heterocycles. The van der Waals surface area contributed by atoms with E-state index in [0.717, 1.165) is 11.1 Å². The Balaban J connectivity index is 1.71. The van der Waals surface area contributed by atoms with E-state index in [4.69, 9.17) is 16.3 Å². The SMILES string of the molecule is Cc1cc(C)cc(OCC(O)CN(Cc2c(F)cccc2Cl)C2CCS(=O)(=O)C2)c1. The van der Waals surface area contributed by atoms with Crippen molar-refractivity contribution in [3.05, 3.63) is 63.9 Å². The molecule has 0 aliphatic carbocycles. The number of nitrogens with zero attached hydrogens (tertiary/aromatic N) is 1. The van der Waals surface area contributed by atoms with Crippen LogP contribution in [0.4, 0.5) is 4.39 Å². The highest BCUT2D eigenvalue weighted by molar-refractivity contribution is 7.91. The van der Waals surface area contributed by atoms with Gasteiger partial charge < -0.3 is 9.84 Å². The number of benzene rings is 2. The number of hydrogen-bond acceptors (Lipinski definition) is 5. The van der Waals surface area contributed by atoms with E-state index in [-0.39, 0.29) is 42.3 Å². The van der Waals surface area contributed by atoms with Crippen molar-refractivity contribution in [3.8, 4) is 5.75 Å². The molecular weight excluding hydrogens is 429 g/mol. The molecule has 0 spiro atoms. The first-order chi connectivity index (χ1) is 14.1. The highest BCUT2D eigenvalue weighted by Crippen LogP contribution is 2.25. The molecule has 0 saturated carbocycles. The number of sulfone groups is 1. The van der Waals surface area contributed by atoms with Crippen LogP contribution in [-0.2, 0) is 16.4 Å². The molecule has 1 N–H and O–H groups in total. The van der Waals surface area contributed by atoms with Gasteiger partial charge in [-0.25, -0.2) is 12.8 Å². The van der Waals surface area contributed by atoms with Crippen molar-refractivity contribution >= 4 is 21.4 Å². The maximum atomic E-state index is 14.3. The largest absolute Gasteiger partial charge is 0.491 e. The van der Waals surface area contributed by atoms with Gasteiger partial charge in [-0.1, -0.05) is 23.7 Å². The smallest absolute Gasteiger partial charge is 0.151 e. The summed E-state index contributed by atoms with van der Waals surface area (Å²) < 4.78 is 44.0. The van der Waals surface area contributed by atoms with Gasteiger partial charge in [-0.2, -0.15) is 0 Å². The second-order valence-corrected chi connectivity index (χ2v) is 10.6. The summed E-state index contributed by atoms with van der Waals surface area (Å²) in [6.07, 6.45) is -0.432. The molecule has 2 aromatic rings. The van der Waals surface area contributed by atoms with Crippen LogP contribution in [-0.4, -0.2) is 55.2 Å². The molecule has 3 rings (SSSR count). The predicted molar refractivity (Wildman–Crippen MR) is 116 cm³/mol. The van der Waals surface area contributed by atoms with Gasteiger partial charge in [-0.15, -0.1) is 0 Å². The van der Waals surface area contributed by atoms with Crippen LogP contribution in [0.1, 0.15) is 23.1 Å². The summed E-state index contributed by atoms with van der Waals surface area (Å²) in [5.74, 6) is 0.297. The normalized spacial score (nSPS) is 19.2. The zero-order valence-electron chi connectivity index (χ0n) is 17.1. The third kappa shape index (κ3) is 6.17. The van der Waals surface area contributed by atoms with Crippen LogP contribution >= 0.6 is 11.6 Å². The van der Waals surface area contributed by atoms with Gasteiger partial charge in [0.2, 0.25) is 0 Å². The highest BCUT2D eigenvalue weighted by Gasteiger charge is 2.33. The lowest BCUT2D eigenvalue weighted by Crippen LogP contribution is -2.42. The zero-order chi connectivity index (χ0) is 21.9. The van der Waals surface area contributed by atoms with E-state index in [0.29, 0.717) is 17.7 Å². The quantitative estimate of drug-likeness (QED) is 0.659. The summed E-state index contributed by atoms with van der Waals surface area (Å²) in [7, 11) is -3.13. The minimum Gasteiger partial charge on any atom is -0.491 e. The topological polar surface area (TPSA) is 66.8 Å². The van der Waals surface area contributed by atoms with Crippen molar-refractivity contribution in [2.24, 2.45) is 0 Å². The fourth-order valence-corrected chi connectivity index (χ4v) is 5.81. The lowest BCUT2D eigenvalue weighted by molar-refractivity contribution is 0.0520. The number of ether oxygens (including phenoxy) is 1. The molecule has 164 valence electrons. The minimum absolute atomic E-state index is 0.0102. The Kier molecular flexibility index (Phi) is 7.39. The van der Waals surface area contributed by atoms with E-state index in [2.05, 4.69) is 0 Å². The maximum absolute atomic E-state index is 14.3. The third-order valence-corrected chi connectivity index (χ3v) is 7.33. The molecule has 2 unspecified atom stereocenters. The summed E-state index contributed by atoms with van der Waals surface area (Å²) in [4.78, 5) is 1.80. The molecule has 30 heavy (non-hydrogen) atoms. The molecule has 1 heterocycles. The number of hydrogen-bond donors (Lipinski definition) is 1. The number of aryl methyl sites for hydroxylation is 2. The Labute approximate surface area is 182 Å². The second-order valence-electron chi connectivity index (χ2n) is 7.97. The van der Waals surface area contributed by atoms with Crippen molar-refractivity contribution in [1.82, 2.24) is 4.90 Å². The number of aliphatic hydroxyl groups excluding tert-OH is 1. The molecule has 1 aliphatic heterocycles. The Morgan fingerprint density at radius 1 is 1.27 bits per heavy atom. The molecule has 2 aromatic carbocycles. The Morgan fingerprint density at radius 2 is 1.97 bits per heavy atom. The minimum atomic E-state index is -3.13. The van der Waals surface area contributed by atoms with Gasteiger partial charge in [0.25, 0.3) is 0 Å². The summed E-state index contributed by atoms with van der Waals surface area (Å²) in [6, 6.07) is 9.96. The standard InChI is InChI=1S/C22H27ClFNO4S/c1-15-8-16(2)10-19(9-15)29-13-18(26)11-25(17-6-7-30(27,28)14-17)12-20-21(23)4-3-5-22(20)24/h3-5,8-10,17-18,26H,6-7,11-14H2,1-2H3. The van der Waals surface area contributed by atoms with Gasteiger partial charge in [0, 0.05) is 29.7 Å². The van der Waals surface area contributed by atoms with Gasteiger partial charge in [0.05, 0.1) is 11.5 Å². The summed E-state index contributed by atoms with van der Waals surface area (Å²) in [5.41, 5.74) is 2.42. The molecule has 1 saturated heterocycles. The van der Waals surface area contributed by atoms with Crippen LogP contribution in [0.2, 0.25) is 5.02 Å². The molecule has 8 heteroatoms. The fraction of sp³-hybridized carbons (Fsp3) is 0.455. The van der Waals surface area contributed by atoms with Crippen LogP contribution in [0, 0.1) is 19.7 Å².